The third kappa shape index (κ3) is 3.59. The normalized spacial score (nSPS) is 15.0. The zero-order valence-electron chi connectivity index (χ0n) is 14.8. The summed E-state index contributed by atoms with van der Waals surface area (Å²) in [6.45, 7) is 2.05. The molecule has 2 heterocycles. The summed E-state index contributed by atoms with van der Waals surface area (Å²) in [5.74, 6) is 2.10. The molecule has 0 saturated carbocycles. The Bertz CT molecular complexity index is 986. The van der Waals surface area contributed by atoms with E-state index in [1.165, 1.54) is 11.8 Å². The van der Waals surface area contributed by atoms with E-state index in [1.54, 1.807) is 7.11 Å². The van der Waals surface area contributed by atoms with E-state index in [-0.39, 0.29) is 0 Å². The first-order valence-corrected chi connectivity index (χ1v) is 10.2. The van der Waals surface area contributed by atoms with Gasteiger partial charge in [-0.15, -0.1) is 10.2 Å². The van der Waals surface area contributed by atoms with Gasteiger partial charge in [-0.1, -0.05) is 36.9 Å². The van der Waals surface area contributed by atoms with Gasteiger partial charge in [-0.05, 0) is 45.9 Å². The number of hydrogen-bond donors (Lipinski definition) is 1. The van der Waals surface area contributed by atoms with Crippen LogP contribution in [0.15, 0.2) is 52.1 Å². The quantitative estimate of drug-likeness (QED) is 0.572. The summed E-state index contributed by atoms with van der Waals surface area (Å²) in [7, 11) is 1.64. The molecule has 1 aromatic heterocycles. The summed E-state index contributed by atoms with van der Waals surface area (Å²) >= 11 is 5.07. The molecule has 0 spiro atoms. The maximum Gasteiger partial charge on any atom is 0.247 e. The first kappa shape index (κ1) is 18.1. The molecule has 8 heteroatoms. The molecule has 27 heavy (non-hydrogen) atoms. The van der Waals surface area contributed by atoms with E-state index in [1.807, 2.05) is 42.5 Å². The Morgan fingerprint density at radius 1 is 1.22 bits per heavy atom. The van der Waals surface area contributed by atoms with Gasteiger partial charge >= 0.3 is 0 Å². The Morgan fingerprint density at radius 3 is 2.85 bits per heavy atom. The lowest BCUT2D eigenvalue weighted by Crippen LogP contribution is -2.17. The SMILES string of the molecule is CCSc1nnc2c(n1)O[C@@H](c1ccc(OC)c(Br)c1)Nc1ccccc1-2. The zero-order valence-corrected chi connectivity index (χ0v) is 17.2. The molecule has 138 valence electrons. The zero-order chi connectivity index (χ0) is 18.8. The number of aromatic nitrogens is 3. The summed E-state index contributed by atoms with van der Waals surface area (Å²) in [6, 6.07) is 13.8. The van der Waals surface area contributed by atoms with Crippen molar-refractivity contribution in [2.24, 2.45) is 0 Å². The van der Waals surface area contributed by atoms with Crippen LogP contribution in [0.25, 0.3) is 11.3 Å². The smallest absolute Gasteiger partial charge is 0.247 e. The standard InChI is InChI=1S/C19H17BrN4O2S/c1-3-27-19-22-18-16(23-24-19)12-6-4-5-7-14(12)21-17(26-18)11-8-9-15(25-2)13(20)10-11/h4-10,17,21H,3H2,1-2H3/t17-/m0/s1. The average Bonchev–Trinajstić information content (AvgIpc) is 2.84. The Morgan fingerprint density at radius 2 is 2.07 bits per heavy atom. The second kappa shape index (κ2) is 7.74. The van der Waals surface area contributed by atoms with Crippen molar-refractivity contribution < 1.29 is 9.47 Å². The fraction of sp³-hybridized carbons (Fsp3) is 0.211. The molecule has 0 saturated heterocycles. The maximum atomic E-state index is 6.24. The van der Waals surface area contributed by atoms with Gasteiger partial charge in [-0.3, -0.25) is 0 Å². The largest absolute Gasteiger partial charge is 0.496 e. The molecule has 1 atom stereocenters. The van der Waals surface area contributed by atoms with Gasteiger partial charge < -0.3 is 14.8 Å². The molecule has 0 unspecified atom stereocenters. The number of nitrogens with zero attached hydrogens (tertiary/aromatic N) is 3. The minimum absolute atomic E-state index is 0.425. The van der Waals surface area contributed by atoms with Crippen LogP contribution in [0.2, 0.25) is 0 Å². The van der Waals surface area contributed by atoms with Crippen LogP contribution in [0.1, 0.15) is 18.7 Å². The van der Waals surface area contributed by atoms with Crippen LogP contribution in [0.3, 0.4) is 0 Å². The van der Waals surface area contributed by atoms with Crippen LogP contribution in [0.4, 0.5) is 5.69 Å². The molecule has 0 radical (unpaired) electrons. The maximum absolute atomic E-state index is 6.24. The van der Waals surface area contributed by atoms with E-state index >= 15 is 0 Å². The number of methoxy groups -OCH3 is 1. The second-order valence-electron chi connectivity index (χ2n) is 5.76. The molecule has 0 fully saturated rings. The van der Waals surface area contributed by atoms with E-state index in [0.717, 1.165) is 32.8 Å². The van der Waals surface area contributed by atoms with Gasteiger partial charge in [0.1, 0.15) is 5.75 Å². The van der Waals surface area contributed by atoms with E-state index in [4.69, 9.17) is 9.47 Å². The lowest BCUT2D eigenvalue weighted by Gasteiger charge is -2.20. The molecular formula is C19H17BrN4O2S. The summed E-state index contributed by atoms with van der Waals surface area (Å²) in [5.41, 5.74) is 3.40. The highest BCUT2D eigenvalue weighted by Crippen LogP contribution is 2.40. The van der Waals surface area contributed by atoms with Crippen LogP contribution >= 0.6 is 27.7 Å². The highest BCUT2D eigenvalue weighted by Gasteiger charge is 2.26. The van der Waals surface area contributed by atoms with Crippen molar-refractivity contribution in [1.29, 1.82) is 0 Å². The number of anilines is 1. The minimum Gasteiger partial charge on any atom is -0.496 e. The number of nitrogens with one attached hydrogen (secondary N) is 1. The first-order valence-electron chi connectivity index (χ1n) is 8.43. The van der Waals surface area contributed by atoms with Crippen LogP contribution in [0.5, 0.6) is 11.6 Å². The van der Waals surface area contributed by atoms with Gasteiger partial charge in [-0.2, -0.15) is 4.98 Å². The van der Waals surface area contributed by atoms with Crippen molar-refractivity contribution in [3.8, 4) is 22.9 Å². The number of halogens is 1. The number of ether oxygens (including phenoxy) is 2. The molecule has 0 aliphatic carbocycles. The third-order valence-corrected chi connectivity index (χ3v) is 5.43. The molecule has 4 rings (SSSR count). The fourth-order valence-corrected chi connectivity index (χ4v) is 3.90. The number of fused-ring (bicyclic) bond motifs is 3. The van der Waals surface area contributed by atoms with Crippen LogP contribution in [-0.4, -0.2) is 28.0 Å². The van der Waals surface area contributed by atoms with Gasteiger partial charge in [0.25, 0.3) is 0 Å². The number of benzene rings is 2. The van der Waals surface area contributed by atoms with Gasteiger partial charge in [-0.25, -0.2) is 0 Å². The predicted molar refractivity (Wildman–Crippen MR) is 109 cm³/mol. The Hall–Kier alpha value is -2.32. The average molecular weight is 445 g/mol. The number of hydrogen-bond acceptors (Lipinski definition) is 7. The van der Waals surface area contributed by atoms with E-state index in [2.05, 4.69) is 43.4 Å². The topological polar surface area (TPSA) is 69.2 Å². The Balaban J connectivity index is 1.80. The molecule has 1 N–H and O–H groups in total. The van der Waals surface area contributed by atoms with Crippen molar-refractivity contribution in [2.75, 3.05) is 18.2 Å². The fourth-order valence-electron chi connectivity index (χ4n) is 2.83. The molecular weight excluding hydrogens is 428 g/mol. The lowest BCUT2D eigenvalue weighted by atomic mass is 10.1. The van der Waals surface area contributed by atoms with E-state index in [0.29, 0.717) is 16.7 Å². The first-order chi connectivity index (χ1) is 13.2. The van der Waals surface area contributed by atoms with Crippen molar-refractivity contribution in [3.05, 3.63) is 52.5 Å². The van der Waals surface area contributed by atoms with E-state index < -0.39 is 6.23 Å². The molecule has 0 amide bonds. The summed E-state index contributed by atoms with van der Waals surface area (Å²) < 4.78 is 12.4. The van der Waals surface area contributed by atoms with Gasteiger partial charge in [0.05, 0.1) is 11.6 Å². The number of thioether (sulfide) groups is 1. The van der Waals surface area contributed by atoms with Crippen LogP contribution < -0.4 is 14.8 Å². The van der Waals surface area contributed by atoms with Gasteiger partial charge in [0.2, 0.25) is 11.0 Å². The molecule has 2 aromatic carbocycles. The third-order valence-electron chi connectivity index (χ3n) is 4.09. The summed E-state index contributed by atoms with van der Waals surface area (Å²) in [4.78, 5) is 4.58. The monoisotopic (exact) mass is 444 g/mol. The van der Waals surface area contributed by atoms with Crippen molar-refractivity contribution >= 4 is 33.4 Å². The van der Waals surface area contributed by atoms with Crippen molar-refractivity contribution in [3.63, 3.8) is 0 Å². The molecule has 6 nitrogen and oxygen atoms in total. The van der Waals surface area contributed by atoms with Gasteiger partial charge in [0.15, 0.2) is 11.9 Å². The highest BCUT2D eigenvalue weighted by atomic mass is 79.9. The second-order valence-corrected chi connectivity index (χ2v) is 7.85. The highest BCUT2D eigenvalue weighted by molar-refractivity contribution is 9.10. The molecule has 3 aromatic rings. The lowest BCUT2D eigenvalue weighted by molar-refractivity contribution is 0.225. The summed E-state index contributed by atoms with van der Waals surface area (Å²) in [6.07, 6.45) is -0.425. The number of rotatable bonds is 4. The van der Waals surface area contributed by atoms with Crippen molar-refractivity contribution in [1.82, 2.24) is 15.2 Å². The minimum atomic E-state index is -0.425. The predicted octanol–water partition coefficient (Wildman–Crippen LogP) is 4.92. The molecule has 1 aliphatic rings. The summed E-state index contributed by atoms with van der Waals surface area (Å²) in [5, 5.41) is 12.7. The molecule has 1 aliphatic heterocycles. The number of para-hydroxylation sites is 1. The van der Waals surface area contributed by atoms with E-state index in [9.17, 15) is 0 Å². The Labute approximate surface area is 169 Å². The Kier molecular flexibility index (Phi) is 5.18. The van der Waals surface area contributed by atoms with Gasteiger partial charge in [0, 0.05) is 16.8 Å². The van der Waals surface area contributed by atoms with Crippen LogP contribution in [-0.2, 0) is 0 Å². The molecule has 0 bridgehead atoms. The van der Waals surface area contributed by atoms with Crippen LogP contribution in [0, 0.1) is 0 Å². The van der Waals surface area contributed by atoms with Crippen molar-refractivity contribution in [2.45, 2.75) is 18.3 Å².